The summed E-state index contributed by atoms with van der Waals surface area (Å²) in [6.07, 6.45) is -5.09. The highest BCUT2D eigenvalue weighted by Crippen LogP contribution is 2.31. The van der Waals surface area contributed by atoms with Crippen LogP contribution in [0.25, 0.3) is 0 Å². The molecule has 0 N–H and O–H groups in total. The molecule has 0 heterocycles. The van der Waals surface area contributed by atoms with Crippen molar-refractivity contribution in [3.05, 3.63) is 182 Å². The SMILES string of the molecule is Cc1ccc([S+](C)CC(=O)c2ccccc2)cc1.Fc1c(F)c(F)c([B-](c2c(F)c(F)c(F)c(F)c2F)(c2c(F)c(F)c(F)c(F)c2F)c2c(F)c(F)c(F)c(F)c2F)c(F)c1F. The molecule has 0 fully saturated rings. The molecule has 63 heavy (non-hydrogen) atoms. The third-order valence-electron chi connectivity index (χ3n) is 9.57. The summed E-state index contributed by atoms with van der Waals surface area (Å²) in [6, 6.07) is 18.0. The van der Waals surface area contributed by atoms with Crippen molar-refractivity contribution < 1.29 is 92.6 Å². The molecule has 6 aromatic rings. The van der Waals surface area contributed by atoms with E-state index in [0.29, 0.717) is 5.75 Å². The highest BCUT2D eigenvalue weighted by Gasteiger charge is 2.52. The number of hydrogen-bond donors (Lipinski definition) is 0. The lowest BCUT2D eigenvalue weighted by molar-refractivity contribution is 0.102. The van der Waals surface area contributed by atoms with Gasteiger partial charge in [0, 0.05) is 16.5 Å². The number of benzene rings is 6. The maximum Gasteiger partial charge on any atom is 0.212 e. The number of carbonyl (C=O) groups is 1. The predicted molar refractivity (Wildman–Crippen MR) is 188 cm³/mol. The summed E-state index contributed by atoms with van der Waals surface area (Å²) in [5.41, 5.74) is -12.3. The fourth-order valence-electron chi connectivity index (χ4n) is 6.63. The van der Waals surface area contributed by atoms with Crippen LogP contribution in [0.4, 0.5) is 87.8 Å². The average Bonchev–Trinajstić information content (AvgIpc) is 3.26. The van der Waals surface area contributed by atoms with Gasteiger partial charge in [0.05, 0.1) is 0 Å². The van der Waals surface area contributed by atoms with Gasteiger partial charge >= 0.3 is 0 Å². The van der Waals surface area contributed by atoms with E-state index < -0.39 is 144 Å². The maximum absolute atomic E-state index is 15.4. The number of ketones is 1. The van der Waals surface area contributed by atoms with Gasteiger partial charge in [0.2, 0.25) is 5.78 Å². The van der Waals surface area contributed by atoms with E-state index in [2.05, 4.69) is 37.4 Å². The van der Waals surface area contributed by atoms with Gasteiger partial charge in [-0.05, 0) is 19.1 Å². The molecule has 0 saturated carbocycles. The predicted octanol–water partition coefficient (Wildman–Crippen LogP) is 9.33. The van der Waals surface area contributed by atoms with Crippen LogP contribution < -0.4 is 21.9 Å². The van der Waals surface area contributed by atoms with Crippen LogP contribution in [0.2, 0.25) is 0 Å². The van der Waals surface area contributed by atoms with E-state index in [1.54, 1.807) is 0 Å². The van der Waals surface area contributed by atoms with E-state index in [4.69, 9.17) is 0 Å². The number of aryl methyl sites for hydroxylation is 1. The van der Waals surface area contributed by atoms with Crippen molar-refractivity contribution >= 4 is 44.7 Å². The molecule has 0 bridgehead atoms. The van der Waals surface area contributed by atoms with Gasteiger partial charge < -0.3 is 0 Å². The Hall–Kier alpha value is -6.00. The van der Waals surface area contributed by atoms with Crippen LogP contribution in [0.3, 0.4) is 0 Å². The number of carbonyl (C=O) groups excluding carboxylic acids is 1. The summed E-state index contributed by atoms with van der Waals surface area (Å²) >= 11 is 0. The summed E-state index contributed by atoms with van der Waals surface area (Å²) < 4.78 is 294. The molecule has 6 aromatic carbocycles. The molecular weight excluding hydrogens is 919 g/mol. The minimum Gasteiger partial charge on any atom is -0.289 e. The first-order valence-corrected chi connectivity index (χ1v) is 18.7. The van der Waals surface area contributed by atoms with Crippen LogP contribution in [0.15, 0.2) is 59.5 Å². The Kier molecular flexibility index (Phi) is 13.7. The number of rotatable bonds is 8. The minimum absolute atomic E-state index is 0.0218. The summed E-state index contributed by atoms with van der Waals surface area (Å²) in [5.74, 6) is -70.6. The lowest BCUT2D eigenvalue weighted by atomic mass is 9.12. The van der Waals surface area contributed by atoms with Crippen LogP contribution in [-0.4, -0.2) is 23.9 Å². The monoisotopic (exact) mass is 936 g/mol. The van der Waals surface area contributed by atoms with Crippen LogP contribution in [0.5, 0.6) is 0 Å². The average molecular weight is 936 g/mol. The van der Waals surface area contributed by atoms with Gasteiger partial charge in [0.15, 0.2) is 80.5 Å². The zero-order valence-electron chi connectivity index (χ0n) is 30.9. The largest absolute Gasteiger partial charge is 0.289 e. The van der Waals surface area contributed by atoms with E-state index in [-0.39, 0.29) is 16.7 Å². The molecule has 1 atom stereocenters. The Labute approximate surface area is 342 Å². The van der Waals surface area contributed by atoms with Crippen molar-refractivity contribution in [3.8, 4) is 0 Å². The second-order valence-electron chi connectivity index (χ2n) is 13.2. The van der Waals surface area contributed by atoms with Crippen molar-refractivity contribution in [3.63, 3.8) is 0 Å². The van der Waals surface area contributed by atoms with Gasteiger partial charge in [-0.15, -0.1) is 21.9 Å². The van der Waals surface area contributed by atoms with Gasteiger partial charge in [-0.25, -0.2) is 87.8 Å². The summed E-state index contributed by atoms with van der Waals surface area (Å²) in [6.45, 7) is 2.08. The fourth-order valence-corrected chi connectivity index (χ4v) is 7.96. The highest BCUT2D eigenvalue weighted by atomic mass is 32.2. The lowest BCUT2D eigenvalue weighted by Gasteiger charge is -2.44. The van der Waals surface area contributed by atoms with Crippen molar-refractivity contribution in [1.29, 1.82) is 0 Å². The second kappa shape index (κ2) is 18.0. The molecule has 0 spiro atoms. The van der Waals surface area contributed by atoms with E-state index in [1.165, 1.54) is 10.5 Å². The van der Waals surface area contributed by atoms with Crippen LogP contribution >= 0.6 is 0 Å². The van der Waals surface area contributed by atoms with E-state index >= 15 is 35.1 Å². The molecule has 1 unspecified atom stereocenters. The maximum atomic E-state index is 15.4. The Morgan fingerprint density at radius 1 is 0.381 bits per heavy atom. The van der Waals surface area contributed by atoms with E-state index in [0.717, 1.165) is 5.56 Å². The number of hydrogen-bond acceptors (Lipinski definition) is 1. The molecule has 0 aliphatic carbocycles. The summed E-state index contributed by atoms with van der Waals surface area (Å²) in [7, 11) is -0.0218. The van der Waals surface area contributed by atoms with E-state index in [1.807, 2.05) is 30.3 Å². The van der Waals surface area contributed by atoms with Crippen LogP contribution in [0, 0.1) is 123 Å². The summed E-state index contributed by atoms with van der Waals surface area (Å²) in [5, 5.41) is 0. The third kappa shape index (κ3) is 7.88. The van der Waals surface area contributed by atoms with Crippen molar-refractivity contribution in [2.45, 2.75) is 11.8 Å². The minimum atomic E-state index is -7.22. The normalized spacial score (nSPS) is 12.0. The zero-order chi connectivity index (χ0) is 47.3. The fraction of sp³-hybridized carbons (Fsp3) is 0.0750. The Bertz CT molecular complexity index is 2420. The molecule has 0 saturated heterocycles. The number of halogens is 20. The molecule has 0 aromatic heterocycles. The Morgan fingerprint density at radius 2 is 0.619 bits per heavy atom. The molecule has 0 radical (unpaired) electrons. The molecule has 0 aliphatic heterocycles. The van der Waals surface area contributed by atoms with Crippen molar-refractivity contribution in [1.82, 2.24) is 0 Å². The first-order valence-electron chi connectivity index (χ1n) is 16.9. The quantitative estimate of drug-likeness (QED) is 0.0372. The smallest absolute Gasteiger partial charge is 0.212 e. The van der Waals surface area contributed by atoms with Gasteiger partial charge in [0.25, 0.3) is 0 Å². The van der Waals surface area contributed by atoms with Gasteiger partial charge in [-0.3, -0.25) is 4.79 Å². The Balaban J connectivity index is 0.000000345. The molecule has 1 nitrogen and oxygen atoms in total. The third-order valence-corrected chi connectivity index (χ3v) is 11.3. The second-order valence-corrected chi connectivity index (χ2v) is 15.2. The highest BCUT2D eigenvalue weighted by molar-refractivity contribution is 7.96. The first kappa shape index (κ1) is 48.0. The summed E-state index contributed by atoms with van der Waals surface area (Å²) in [4.78, 5) is 13.4. The zero-order valence-corrected chi connectivity index (χ0v) is 31.7. The molecule has 6 rings (SSSR count). The van der Waals surface area contributed by atoms with Gasteiger partial charge in [0.1, 0.15) is 58.9 Å². The lowest BCUT2D eigenvalue weighted by Crippen LogP contribution is -2.81. The van der Waals surface area contributed by atoms with Gasteiger partial charge in [-0.1, -0.05) is 48.0 Å². The molecule has 332 valence electrons. The van der Waals surface area contributed by atoms with Gasteiger partial charge in [-0.2, -0.15) is 0 Å². The first-order chi connectivity index (χ1) is 29.4. The van der Waals surface area contributed by atoms with E-state index in [9.17, 15) is 57.5 Å². The van der Waals surface area contributed by atoms with Crippen molar-refractivity contribution in [2.24, 2.45) is 0 Å². The molecule has 23 heteroatoms. The van der Waals surface area contributed by atoms with Crippen LogP contribution in [0.1, 0.15) is 15.9 Å². The molecule has 0 amide bonds. The van der Waals surface area contributed by atoms with Crippen molar-refractivity contribution in [2.75, 3.05) is 12.0 Å². The Morgan fingerprint density at radius 3 is 0.873 bits per heavy atom. The van der Waals surface area contributed by atoms with Crippen LogP contribution in [-0.2, 0) is 10.9 Å². The molecule has 0 aliphatic rings. The molecular formula is C40H17BF20OS. The topological polar surface area (TPSA) is 17.1 Å². The standard InChI is InChI=1S/C24BF20.C16H17OS/c26-5-1(6(27)14(35)21(42)13(5)34)25(2-7(28)15(36)22(43)16(37)8(2)29,3-9(30)17(38)23(44)18(39)10(3)31)4-11(32)19(40)24(45)20(41)12(4)33;1-13-8-10-15(11-9-13)18(2)12-16(17)14-6-4-3-5-7-14/h;3-11H,12H2,1-2H3/q-1;+1. The number of Topliss-reactive ketones (excluding diaryl/α,β-unsaturated/α-hetero) is 1.